The molecule has 0 spiro atoms. The van der Waals surface area contributed by atoms with Crippen molar-refractivity contribution in [3.8, 4) is 0 Å². The summed E-state index contributed by atoms with van der Waals surface area (Å²) in [6, 6.07) is 29.0. The quantitative estimate of drug-likeness (QED) is 0.678. The number of aliphatic hydroxyl groups excluding tert-OH is 1. The maximum atomic E-state index is 12.9. The fraction of sp³-hybridized carbons (Fsp3) is 0.174. The molecule has 3 heteroatoms. The maximum Gasteiger partial charge on any atom is 0.232 e. The van der Waals surface area contributed by atoms with Crippen molar-refractivity contribution in [3.63, 3.8) is 0 Å². The van der Waals surface area contributed by atoms with Crippen molar-refractivity contribution in [2.75, 3.05) is 6.54 Å². The van der Waals surface area contributed by atoms with Gasteiger partial charge in [-0.05, 0) is 23.1 Å². The molecule has 0 radical (unpaired) electrons. The van der Waals surface area contributed by atoms with Crippen molar-refractivity contribution in [3.05, 3.63) is 108 Å². The van der Waals surface area contributed by atoms with E-state index in [1.165, 1.54) is 0 Å². The zero-order valence-electron chi connectivity index (χ0n) is 14.6. The summed E-state index contributed by atoms with van der Waals surface area (Å²) in [6.45, 7) is 0.422. The average molecular weight is 345 g/mol. The molecule has 0 saturated carbocycles. The number of carbonyl (C=O) groups is 1. The highest BCUT2D eigenvalue weighted by atomic mass is 16.3. The van der Waals surface area contributed by atoms with Crippen LogP contribution in [0.5, 0.6) is 0 Å². The molecule has 0 aliphatic rings. The van der Waals surface area contributed by atoms with Crippen LogP contribution in [-0.2, 0) is 4.79 Å². The monoisotopic (exact) mass is 345 g/mol. The zero-order valence-corrected chi connectivity index (χ0v) is 14.6. The van der Waals surface area contributed by atoms with Gasteiger partial charge in [-0.1, -0.05) is 91.0 Å². The molecule has 1 atom stereocenters. The van der Waals surface area contributed by atoms with E-state index >= 15 is 0 Å². The lowest BCUT2D eigenvalue weighted by Crippen LogP contribution is -2.31. The van der Waals surface area contributed by atoms with Crippen molar-refractivity contribution in [1.29, 1.82) is 0 Å². The summed E-state index contributed by atoms with van der Waals surface area (Å²) in [5.74, 6) is -0.408. The van der Waals surface area contributed by atoms with E-state index < -0.39 is 6.10 Å². The summed E-state index contributed by atoms with van der Waals surface area (Å²) in [5, 5.41) is 13.2. The van der Waals surface area contributed by atoms with Gasteiger partial charge in [0.05, 0.1) is 12.0 Å². The van der Waals surface area contributed by atoms with Gasteiger partial charge in [-0.25, -0.2) is 0 Å². The first-order chi connectivity index (χ1) is 12.8. The van der Waals surface area contributed by atoms with Gasteiger partial charge in [0.25, 0.3) is 0 Å². The highest BCUT2D eigenvalue weighted by Crippen LogP contribution is 2.25. The number of nitrogens with one attached hydrogen (secondary N) is 1. The Hall–Kier alpha value is -2.91. The maximum absolute atomic E-state index is 12.9. The lowest BCUT2D eigenvalue weighted by atomic mass is 9.90. The normalized spacial score (nSPS) is 11.9. The molecule has 1 amide bonds. The molecule has 3 nitrogen and oxygen atoms in total. The Bertz CT molecular complexity index is 764. The van der Waals surface area contributed by atoms with Crippen LogP contribution in [-0.4, -0.2) is 17.6 Å². The highest BCUT2D eigenvalue weighted by Gasteiger charge is 2.22. The second-order valence-corrected chi connectivity index (χ2v) is 6.26. The van der Waals surface area contributed by atoms with Gasteiger partial charge in [-0.2, -0.15) is 0 Å². The van der Waals surface area contributed by atoms with E-state index in [-0.39, 0.29) is 11.8 Å². The van der Waals surface area contributed by atoms with Crippen LogP contribution in [0.1, 0.15) is 35.1 Å². The van der Waals surface area contributed by atoms with E-state index in [0.717, 1.165) is 16.7 Å². The summed E-state index contributed by atoms with van der Waals surface area (Å²) >= 11 is 0. The topological polar surface area (TPSA) is 49.3 Å². The smallest absolute Gasteiger partial charge is 0.232 e. The van der Waals surface area contributed by atoms with Gasteiger partial charge in [0, 0.05) is 6.54 Å². The molecule has 0 aromatic heterocycles. The second-order valence-electron chi connectivity index (χ2n) is 6.26. The average Bonchev–Trinajstić information content (AvgIpc) is 2.70. The molecule has 0 saturated heterocycles. The molecular weight excluding hydrogens is 322 g/mol. The molecule has 0 heterocycles. The van der Waals surface area contributed by atoms with Crippen molar-refractivity contribution in [2.24, 2.45) is 0 Å². The zero-order chi connectivity index (χ0) is 18.2. The highest BCUT2D eigenvalue weighted by molar-refractivity contribution is 5.87. The predicted octanol–water partition coefficient (Wildman–Crippen LogP) is 4.06. The molecule has 0 fully saturated rings. The lowest BCUT2D eigenvalue weighted by Gasteiger charge is -2.19. The Balaban J connectivity index is 1.67. The minimum atomic E-state index is -0.580. The van der Waals surface area contributed by atoms with Crippen molar-refractivity contribution in [1.82, 2.24) is 5.32 Å². The molecule has 0 aliphatic carbocycles. The molecule has 132 valence electrons. The largest absolute Gasteiger partial charge is 0.388 e. The summed E-state index contributed by atoms with van der Waals surface area (Å²) in [7, 11) is 0. The van der Waals surface area contributed by atoms with Gasteiger partial charge in [-0.15, -0.1) is 0 Å². The van der Waals surface area contributed by atoms with E-state index in [0.29, 0.717) is 13.0 Å². The first-order valence-electron chi connectivity index (χ1n) is 8.86. The number of rotatable bonds is 7. The standard InChI is InChI=1S/C23H23NO2/c25-21(18-10-4-1-5-11-18)16-17-24-23(26)22(19-12-6-2-7-13-19)20-14-8-3-9-15-20/h1-15,21-22,25H,16-17H2,(H,24,26). The number of benzene rings is 3. The van der Waals surface area contributed by atoms with Gasteiger partial charge in [0.1, 0.15) is 0 Å². The molecule has 3 aromatic carbocycles. The summed E-state index contributed by atoms with van der Waals surface area (Å²) in [4.78, 5) is 12.9. The van der Waals surface area contributed by atoms with Gasteiger partial charge >= 0.3 is 0 Å². The van der Waals surface area contributed by atoms with Crippen LogP contribution in [0.4, 0.5) is 0 Å². The van der Waals surface area contributed by atoms with Gasteiger partial charge in [0.2, 0.25) is 5.91 Å². The first kappa shape index (κ1) is 17.9. The third-order valence-corrected chi connectivity index (χ3v) is 4.43. The number of hydrogen-bond donors (Lipinski definition) is 2. The molecule has 3 aromatic rings. The van der Waals surface area contributed by atoms with Gasteiger partial charge < -0.3 is 10.4 Å². The van der Waals surface area contributed by atoms with Crippen LogP contribution in [0.2, 0.25) is 0 Å². The molecule has 0 bridgehead atoms. The van der Waals surface area contributed by atoms with Gasteiger partial charge in [0.15, 0.2) is 0 Å². The van der Waals surface area contributed by atoms with Crippen molar-refractivity contribution in [2.45, 2.75) is 18.4 Å². The van der Waals surface area contributed by atoms with E-state index in [4.69, 9.17) is 0 Å². The van der Waals surface area contributed by atoms with E-state index in [2.05, 4.69) is 5.32 Å². The number of carbonyl (C=O) groups excluding carboxylic acids is 1. The van der Waals surface area contributed by atoms with Crippen LogP contribution in [0, 0.1) is 0 Å². The third kappa shape index (κ3) is 4.58. The lowest BCUT2D eigenvalue weighted by molar-refractivity contribution is -0.121. The van der Waals surface area contributed by atoms with Crippen LogP contribution >= 0.6 is 0 Å². The Labute approximate surface area is 154 Å². The van der Waals surface area contributed by atoms with Crippen LogP contribution < -0.4 is 5.32 Å². The van der Waals surface area contributed by atoms with Crippen molar-refractivity contribution < 1.29 is 9.90 Å². The Kier molecular flexibility index (Phi) is 6.18. The number of aliphatic hydroxyl groups is 1. The molecule has 1 unspecified atom stereocenters. The fourth-order valence-corrected chi connectivity index (χ4v) is 3.06. The molecule has 3 rings (SSSR count). The third-order valence-electron chi connectivity index (χ3n) is 4.43. The Morgan fingerprint density at radius 3 is 1.62 bits per heavy atom. The Morgan fingerprint density at radius 2 is 1.15 bits per heavy atom. The summed E-state index contributed by atoms with van der Waals surface area (Å²) in [5.41, 5.74) is 2.78. The molecular formula is C23H23NO2. The van der Waals surface area contributed by atoms with Crippen LogP contribution in [0.3, 0.4) is 0 Å². The van der Waals surface area contributed by atoms with Crippen LogP contribution in [0.15, 0.2) is 91.0 Å². The summed E-state index contributed by atoms with van der Waals surface area (Å²) < 4.78 is 0. The fourth-order valence-electron chi connectivity index (χ4n) is 3.06. The number of amides is 1. The number of hydrogen-bond acceptors (Lipinski definition) is 2. The molecule has 0 aliphatic heterocycles. The minimum absolute atomic E-state index is 0.0531. The SMILES string of the molecule is O=C(NCCC(O)c1ccccc1)C(c1ccccc1)c1ccccc1. The van der Waals surface area contributed by atoms with Crippen molar-refractivity contribution >= 4 is 5.91 Å². The van der Waals surface area contributed by atoms with E-state index in [9.17, 15) is 9.90 Å². The second kappa shape index (κ2) is 8.97. The molecule has 26 heavy (non-hydrogen) atoms. The predicted molar refractivity (Wildman–Crippen MR) is 104 cm³/mol. The van der Waals surface area contributed by atoms with Gasteiger partial charge in [-0.3, -0.25) is 4.79 Å². The Morgan fingerprint density at radius 1 is 0.731 bits per heavy atom. The molecule has 2 N–H and O–H groups in total. The van der Waals surface area contributed by atoms with E-state index in [1.54, 1.807) is 0 Å². The van der Waals surface area contributed by atoms with Crippen LogP contribution in [0.25, 0.3) is 0 Å². The first-order valence-corrected chi connectivity index (χ1v) is 8.86. The van der Waals surface area contributed by atoms with E-state index in [1.807, 2.05) is 91.0 Å². The summed E-state index contributed by atoms with van der Waals surface area (Å²) in [6.07, 6.45) is -0.102. The minimum Gasteiger partial charge on any atom is -0.388 e.